The molecule has 0 bridgehead atoms. The van der Waals surface area contributed by atoms with Crippen LogP contribution >= 0.6 is 0 Å². The van der Waals surface area contributed by atoms with Gasteiger partial charge < -0.3 is 5.11 Å². The number of aliphatic carboxylic acids is 1. The van der Waals surface area contributed by atoms with Crippen molar-refractivity contribution in [3.63, 3.8) is 0 Å². The van der Waals surface area contributed by atoms with E-state index < -0.39 is 11.4 Å². The summed E-state index contributed by atoms with van der Waals surface area (Å²) in [7, 11) is 0. The van der Waals surface area contributed by atoms with Crippen LogP contribution in [0.15, 0.2) is 0 Å². The Morgan fingerprint density at radius 2 is 0.964 bits per heavy atom. The summed E-state index contributed by atoms with van der Waals surface area (Å²) in [5.74, 6) is 0.0678. The van der Waals surface area contributed by atoms with Crippen LogP contribution in [0.5, 0.6) is 0 Å². The van der Waals surface area contributed by atoms with Crippen molar-refractivity contribution in [2.24, 2.45) is 27.6 Å². The second-order valence-electron chi connectivity index (χ2n) is 9.05. The standard InChI is InChI=1S/C26H52O2/c1-11-21(12-2)23(13-3,14-4)25(17-7,18-8)26(19-9,20-10)24(15-5,16-6)22(27)28/h21H,11-20H2,1-10H3,(H,27,28). The van der Waals surface area contributed by atoms with Crippen molar-refractivity contribution in [2.75, 3.05) is 0 Å². The first-order chi connectivity index (χ1) is 13.2. The van der Waals surface area contributed by atoms with Gasteiger partial charge in [-0.25, -0.2) is 0 Å². The Bertz CT molecular complexity index is 445. The van der Waals surface area contributed by atoms with Crippen molar-refractivity contribution in [3.8, 4) is 0 Å². The van der Waals surface area contributed by atoms with Crippen LogP contribution in [0.25, 0.3) is 0 Å². The first-order valence-electron chi connectivity index (χ1n) is 12.4. The highest BCUT2D eigenvalue weighted by Gasteiger charge is 2.67. The van der Waals surface area contributed by atoms with Crippen molar-refractivity contribution >= 4 is 5.97 Å². The lowest BCUT2D eigenvalue weighted by Gasteiger charge is -2.67. The van der Waals surface area contributed by atoms with E-state index in [9.17, 15) is 9.90 Å². The molecule has 168 valence electrons. The maximum Gasteiger partial charge on any atom is 0.310 e. The van der Waals surface area contributed by atoms with Gasteiger partial charge in [-0.05, 0) is 73.5 Å². The largest absolute Gasteiger partial charge is 0.481 e. The molecule has 2 nitrogen and oxygen atoms in total. The summed E-state index contributed by atoms with van der Waals surface area (Å²) in [6.07, 6.45) is 10.1. The summed E-state index contributed by atoms with van der Waals surface area (Å²) in [5, 5.41) is 10.6. The zero-order valence-electron chi connectivity index (χ0n) is 21.0. The number of rotatable bonds is 15. The summed E-state index contributed by atoms with van der Waals surface area (Å²) < 4.78 is 0. The van der Waals surface area contributed by atoms with E-state index in [0.29, 0.717) is 18.8 Å². The molecule has 0 radical (unpaired) electrons. The summed E-state index contributed by atoms with van der Waals surface area (Å²) >= 11 is 0. The third kappa shape index (κ3) is 3.45. The molecule has 0 aromatic heterocycles. The van der Waals surface area contributed by atoms with Gasteiger partial charge >= 0.3 is 5.97 Å². The van der Waals surface area contributed by atoms with Gasteiger partial charge in [-0.1, -0.05) is 82.1 Å². The molecular weight excluding hydrogens is 344 g/mol. The van der Waals surface area contributed by atoms with Crippen LogP contribution in [0.4, 0.5) is 0 Å². The Kier molecular flexibility index (Phi) is 10.8. The molecule has 1 N–H and O–H groups in total. The van der Waals surface area contributed by atoms with Crippen molar-refractivity contribution in [1.29, 1.82) is 0 Å². The minimum absolute atomic E-state index is 0.0219. The van der Waals surface area contributed by atoms with Crippen LogP contribution in [0, 0.1) is 27.6 Å². The predicted molar refractivity (Wildman–Crippen MR) is 124 cm³/mol. The van der Waals surface area contributed by atoms with Gasteiger partial charge in [0.2, 0.25) is 0 Å². The third-order valence-electron chi connectivity index (χ3n) is 9.84. The first-order valence-corrected chi connectivity index (χ1v) is 12.4. The van der Waals surface area contributed by atoms with Gasteiger partial charge in [0.05, 0.1) is 5.41 Å². The van der Waals surface area contributed by atoms with Gasteiger partial charge in [0.15, 0.2) is 0 Å². The summed E-state index contributed by atoms with van der Waals surface area (Å²) in [4.78, 5) is 12.9. The minimum atomic E-state index is -0.663. The highest BCUT2D eigenvalue weighted by Crippen LogP contribution is 2.72. The molecule has 0 atom stereocenters. The van der Waals surface area contributed by atoms with E-state index in [1.54, 1.807) is 0 Å². The average Bonchev–Trinajstić information content (AvgIpc) is 2.73. The monoisotopic (exact) mass is 396 g/mol. The molecule has 0 fully saturated rings. The molecule has 0 saturated heterocycles. The molecule has 0 spiro atoms. The maximum absolute atomic E-state index is 12.9. The second-order valence-corrected chi connectivity index (χ2v) is 9.05. The number of hydrogen-bond acceptors (Lipinski definition) is 1. The van der Waals surface area contributed by atoms with Crippen molar-refractivity contribution in [3.05, 3.63) is 0 Å². The van der Waals surface area contributed by atoms with E-state index in [1.807, 2.05) is 0 Å². The van der Waals surface area contributed by atoms with Crippen molar-refractivity contribution in [1.82, 2.24) is 0 Å². The summed E-state index contributed by atoms with van der Waals surface area (Å²) in [6.45, 7) is 22.9. The Balaban J connectivity index is 7.45. The smallest absolute Gasteiger partial charge is 0.310 e. The van der Waals surface area contributed by atoms with Crippen molar-refractivity contribution in [2.45, 2.75) is 133 Å². The van der Waals surface area contributed by atoms with Crippen LogP contribution in [-0.4, -0.2) is 11.1 Å². The average molecular weight is 397 g/mol. The lowest BCUT2D eigenvalue weighted by molar-refractivity contribution is -0.213. The molecule has 28 heavy (non-hydrogen) atoms. The summed E-state index contributed by atoms with van der Waals surface area (Å²) in [6, 6.07) is 0. The third-order valence-corrected chi connectivity index (χ3v) is 9.84. The lowest BCUT2D eigenvalue weighted by atomic mass is 9.36. The first kappa shape index (κ1) is 27.5. The van der Waals surface area contributed by atoms with E-state index >= 15 is 0 Å². The van der Waals surface area contributed by atoms with Crippen LogP contribution < -0.4 is 0 Å². The fourth-order valence-electron chi connectivity index (χ4n) is 8.57. The van der Waals surface area contributed by atoms with E-state index in [0.717, 1.165) is 38.5 Å². The highest BCUT2D eigenvalue weighted by atomic mass is 16.4. The number of carboxylic acid groups (broad SMARTS) is 1. The van der Waals surface area contributed by atoms with E-state index in [1.165, 1.54) is 12.8 Å². The molecule has 0 amide bonds. The second kappa shape index (κ2) is 11.0. The fraction of sp³-hybridized carbons (Fsp3) is 0.962. The van der Waals surface area contributed by atoms with Gasteiger partial charge in [-0.15, -0.1) is 0 Å². The molecule has 0 aromatic carbocycles. The van der Waals surface area contributed by atoms with Gasteiger partial charge in [0.25, 0.3) is 0 Å². The molecule has 0 rings (SSSR count). The van der Waals surface area contributed by atoms with Gasteiger partial charge in [0, 0.05) is 0 Å². The molecule has 0 heterocycles. The molecular formula is C26H52O2. The van der Waals surface area contributed by atoms with Crippen LogP contribution in [-0.2, 0) is 4.79 Å². The summed E-state index contributed by atoms with van der Waals surface area (Å²) in [5.41, 5.74) is -0.664. The SMILES string of the molecule is CCC(CC)C(CC)(CC)C(CC)(CC)C(CC)(CC)C(CC)(CC)C(=O)O. The van der Waals surface area contributed by atoms with E-state index in [-0.39, 0.29) is 16.2 Å². The van der Waals surface area contributed by atoms with E-state index in [4.69, 9.17) is 0 Å². The minimum Gasteiger partial charge on any atom is -0.481 e. The molecule has 0 saturated carbocycles. The number of carboxylic acids is 1. The maximum atomic E-state index is 12.9. The number of hydrogen-bond donors (Lipinski definition) is 1. The Hall–Kier alpha value is -0.530. The van der Waals surface area contributed by atoms with Crippen molar-refractivity contribution < 1.29 is 9.90 Å². The fourth-order valence-corrected chi connectivity index (χ4v) is 8.57. The highest BCUT2D eigenvalue weighted by molar-refractivity contribution is 5.76. The predicted octanol–water partition coefficient (Wildman–Crippen LogP) is 8.73. The lowest BCUT2D eigenvalue weighted by Crippen LogP contribution is -2.63. The topological polar surface area (TPSA) is 37.3 Å². The van der Waals surface area contributed by atoms with Crippen LogP contribution in [0.1, 0.15) is 133 Å². The van der Waals surface area contributed by atoms with Crippen LogP contribution in [0.2, 0.25) is 0 Å². The molecule has 0 aliphatic heterocycles. The Morgan fingerprint density at radius 1 is 0.607 bits per heavy atom. The quantitative estimate of drug-likeness (QED) is 0.300. The zero-order chi connectivity index (χ0) is 22.2. The Morgan fingerprint density at radius 3 is 1.14 bits per heavy atom. The van der Waals surface area contributed by atoms with Gasteiger partial charge in [-0.2, -0.15) is 0 Å². The Labute approximate surface area is 177 Å². The molecule has 2 heteroatoms. The van der Waals surface area contributed by atoms with Gasteiger partial charge in [-0.3, -0.25) is 4.79 Å². The van der Waals surface area contributed by atoms with Gasteiger partial charge in [0.1, 0.15) is 0 Å². The molecule has 0 aromatic rings. The normalized spacial score (nSPS) is 14.0. The molecule has 0 unspecified atom stereocenters. The number of carbonyl (C=O) groups is 1. The zero-order valence-corrected chi connectivity index (χ0v) is 21.0. The molecule has 0 aliphatic carbocycles. The van der Waals surface area contributed by atoms with Crippen LogP contribution in [0.3, 0.4) is 0 Å². The molecule has 0 aliphatic rings. The van der Waals surface area contributed by atoms with E-state index in [2.05, 4.69) is 69.2 Å².